The fourth-order valence-electron chi connectivity index (χ4n) is 4.93. The second-order valence-corrected chi connectivity index (χ2v) is 10.5. The number of rotatable bonds is 5. The summed E-state index contributed by atoms with van der Waals surface area (Å²) in [5.74, 6) is 0.880. The molecule has 208 valence electrons. The van der Waals surface area contributed by atoms with Crippen LogP contribution >= 0.6 is 23.2 Å². The van der Waals surface area contributed by atoms with Gasteiger partial charge in [0.15, 0.2) is 0 Å². The van der Waals surface area contributed by atoms with Gasteiger partial charge in [0.1, 0.15) is 23.7 Å². The van der Waals surface area contributed by atoms with Crippen LogP contribution in [0.15, 0.2) is 77.5 Å². The molecule has 0 aliphatic carbocycles. The van der Waals surface area contributed by atoms with Crippen LogP contribution < -0.4 is 15.5 Å². The lowest BCUT2D eigenvalue weighted by atomic mass is 9.98. The smallest absolute Gasteiger partial charge is 0.323 e. The van der Waals surface area contributed by atoms with Gasteiger partial charge in [-0.3, -0.25) is 0 Å². The summed E-state index contributed by atoms with van der Waals surface area (Å²) in [4.78, 5) is 23.7. The van der Waals surface area contributed by atoms with Crippen LogP contribution in [0, 0.1) is 5.82 Å². The van der Waals surface area contributed by atoms with Crippen molar-refractivity contribution in [3.8, 4) is 22.5 Å². The molecule has 1 fully saturated rings. The van der Waals surface area contributed by atoms with E-state index in [4.69, 9.17) is 27.6 Å². The highest BCUT2D eigenvalue weighted by molar-refractivity contribution is 6.39. The first-order valence-corrected chi connectivity index (χ1v) is 13.7. The largest absolute Gasteiger partial charge is 0.437 e. The van der Waals surface area contributed by atoms with Crippen LogP contribution in [0.3, 0.4) is 0 Å². The zero-order valence-corrected chi connectivity index (χ0v) is 23.1. The molecule has 1 aliphatic rings. The number of amides is 2. The van der Waals surface area contributed by atoms with Gasteiger partial charge < -0.3 is 25.1 Å². The quantitative estimate of drug-likeness (QED) is 0.194. The van der Waals surface area contributed by atoms with Crippen LogP contribution in [0.25, 0.3) is 33.6 Å². The van der Waals surface area contributed by atoms with Gasteiger partial charge in [-0.15, -0.1) is 0 Å². The first-order chi connectivity index (χ1) is 19.9. The average Bonchev–Trinajstić information content (AvgIpc) is 3.36. The Morgan fingerprint density at radius 3 is 2.27 bits per heavy atom. The van der Waals surface area contributed by atoms with Crippen molar-refractivity contribution in [1.29, 1.82) is 0 Å². The summed E-state index contributed by atoms with van der Waals surface area (Å²) in [6, 6.07) is 17.7. The van der Waals surface area contributed by atoms with E-state index in [1.165, 1.54) is 18.5 Å². The summed E-state index contributed by atoms with van der Waals surface area (Å²) in [5, 5.41) is 16.8. The molecule has 41 heavy (non-hydrogen) atoms. The molecule has 5 aromatic rings. The minimum Gasteiger partial charge on any atom is -0.437 e. The van der Waals surface area contributed by atoms with Crippen molar-refractivity contribution >= 4 is 57.5 Å². The number of halogens is 3. The standard InChI is InChI=1S/C30H24Cl2FN5O3/c31-22-2-1-3-23(32)26(22)37-30(40)36-20-10-6-18(7-11-20)27-24(17-4-8-19(33)9-5-17)25-28(34-16-35-29(25)41-27)38-14-12-21(39)13-15-38/h1-11,16,21,39H,12-15H2,(H2,36,37,40). The number of nitrogens with one attached hydrogen (secondary N) is 2. The molecule has 6 rings (SSSR count). The third kappa shape index (κ3) is 5.56. The third-order valence-electron chi connectivity index (χ3n) is 6.97. The van der Waals surface area contributed by atoms with Crippen LogP contribution in [-0.2, 0) is 0 Å². The molecule has 1 aliphatic heterocycles. The van der Waals surface area contributed by atoms with Crippen molar-refractivity contribution in [2.24, 2.45) is 0 Å². The maximum atomic E-state index is 13.9. The monoisotopic (exact) mass is 591 g/mol. The van der Waals surface area contributed by atoms with Gasteiger partial charge in [0.2, 0.25) is 5.71 Å². The number of aliphatic hydroxyl groups is 1. The topological polar surface area (TPSA) is 104 Å². The number of aromatic nitrogens is 2. The predicted octanol–water partition coefficient (Wildman–Crippen LogP) is 7.61. The second-order valence-electron chi connectivity index (χ2n) is 9.66. The minimum atomic E-state index is -0.505. The summed E-state index contributed by atoms with van der Waals surface area (Å²) < 4.78 is 20.2. The molecule has 0 spiro atoms. The SMILES string of the molecule is O=C(Nc1ccc(-c2oc3ncnc(N4CCC(O)CC4)c3c2-c2ccc(F)cc2)cc1)Nc1c(Cl)cccc1Cl. The van der Waals surface area contributed by atoms with Crippen molar-refractivity contribution in [3.63, 3.8) is 0 Å². The molecule has 8 nitrogen and oxygen atoms in total. The number of fused-ring (bicyclic) bond motifs is 1. The Morgan fingerprint density at radius 2 is 1.59 bits per heavy atom. The van der Waals surface area contributed by atoms with E-state index in [2.05, 4.69) is 25.5 Å². The Labute approximate surface area is 244 Å². The molecule has 0 radical (unpaired) electrons. The van der Waals surface area contributed by atoms with E-state index in [0.29, 0.717) is 70.0 Å². The Kier molecular flexibility index (Phi) is 7.49. The Bertz CT molecular complexity index is 1700. The number of carbonyl (C=O) groups excluding carboxylic acids is 1. The molecule has 2 amide bonds. The Balaban J connectivity index is 1.35. The van der Waals surface area contributed by atoms with Crippen molar-refractivity contribution in [2.75, 3.05) is 28.6 Å². The zero-order valence-electron chi connectivity index (χ0n) is 21.6. The first kappa shape index (κ1) is 27.0. The summed E-state index contributed by atoms with van der Waals surface area (Å²) >= 11 is 12.3. The first-order valence-electron chi connectivity index (χ1n) is 13.0. The zero-order chi connectivity index (χ0) is 28.5. The van der Waals surface area contributed by atoms with Crippen molar-refractivity contribution in [2.45, 2.75) is 18.9 Å². The molecular weight excluding hydrogens is 568 g/mol. The highest BCUT2D eigenvalue weighted by atomic mass is 35.5. The number of hydrogen-bond acceptors (Lipinski definition) is 6. The van der Waals surface area contributed by atoms with E-state index in [1.807, 2.05) is 12.1 Å². The molecule has 0 unspecified atom stereocenters. The van der Waals surface area contributed by atoms with E-state index in [1.54, 1.807) is 42.5 Å². The number of benzene rings is 3. The molecule has 3 aromatic carbocycles. The Morgan fingerprint density at radius 1 is 0.927 bits per heavy atom. The van der Waals surface area contributed by atoms with E-state index in [0.717, 1.165) is 16.7 Å². The van der Waals surface area contributed by atoms with Crippen LogP contribution in [0.5, 0.6) is 0 Å². The number of carbonyl (C=O) groups is 1. The highest BCUT2D eigenvalue weighted by Crippen LogP contribution is 2.44. The predicted molar refractivity (Wildman–Crippen MR) is 159 cm³/mol. The number of para-hydroxylation sites is 1. The normalized spacial score (nSPS) is 13.9. The lowest BCUT2D eigenvalue weighted by Crippen LogP contribution is -2.36. The summed E-state index contributed by atoms with van der Waals surface area (Å²) in [7, 11) is 0. The van der Waals surface area contributed by atoms with Gasteiger partial charge in [-0.25, -0.2) is 19.2 Å². The summed E-state index contributed by atoms with van der Waals surface area (Å²) in [5.41, 5.74) is 3.44. The number of anilines is 3. The van der Waals surface area contributed by atoms with E-state index < -0.39 is 6.03 Å². The van der Waals surface area contributed by atoms with E-state index in [-0.39, 0.29) is 11.9 Å². The molecule has 0 saturated carbocycles. The minimum absolute atomic E-state index is 0.316. The maximum absolute atomic E-state index is 13.9. The lowest BCUT2D eigenvalue weighted by molar-refractivity contribution is 0.145. The van der Waals surface area contributed by atoms with Gasteiger partial charge in [0.25, 0.3) is 0 Å². The molecule has 0 bridgehead atoms. The molecule has 1 saturated heterocycles. The van der Waals surface area contributed by atoms with Gasteiger partial charge in [-0.2, -0.15) is 0 Å². The number of hydrogen-bond donors (Lipinski definition) is 3. The maximum Gasteiger partial charge on any atom is 0.323 e. The second kappa shape index (κ2) is 11.4. The third-order valence-corrected chi connectivity index (χ3v) is 7.60. The molecule has 0 atom stereocenters. The molecular formula is C30H24Cl2FN5O3. The molecule has 11 heteroatoms. The van der Waals surface area contributed by atoms with Crippen molar-refractivity contribution in [1.82, 2.24) is 9.97 Å². The number of furan rings is 1. The van der Waals surface area contributed by atoms with Crippen LogP contribution in [0.4, 0.5) is 26.4 Å². The molecule has 2 aromatic heterocycles. The summed E-state index contributed by atoms with van der Waals surface area (Å²) in [6.07, 6.45) is 2.39. The fraction of sp³-hybridized carbons (Fsp3) is 0.167. The van der Waals surface area contributed by atoms with Crippen LogP contribution in [0.1, 0.15) is 12.8 Å². The highest BCUT2D eigenvalue weighted by Gasteiger charge is 2.27. The fourth-order valence-corrected chi connectivity index (χ4v) is 5.42. The van der Waals surface area contributed by atoms with Gasteiger partial charge in [-0.1, -0.05) is 41.4 Å². The van der Waals surface area contributed by atoms with Crippen LogP contribution in [0.2, 0.25) is 10.0 Å². The number of nitrogens with zero attached hydrogens (tertiary/aromatic N) is 3. The number of urea groups is 1. The van der Waals surface area contributed by atoms with E-state index >= 15 is 0 Å². The molecule has 3 N–H and O–H groups in total. The van der Waals surface area contributed by atoms with Gasteiger partial charge in [0, 0.05) is 29.9 Å². The van der Waals surface area contributed by atoms with Gasteiger partial charge >= 0.3 is 6.03 Å². The van der Waals surface area contributed by atoms with Crippen molar-refractivity contribution in [3.05, 3.63) is 88.9 Å². The van der Waals surface area contributed by atoms with Gasteiger partial charge in [-0.05, 0) is 66.9 Å². The Hall–Kier alpha value is -4.18. The van der Waals surface area contributed by atoms with Crippen molar-refractivity contribution < 1.29 is 18.7 Å². The van der Waals surface area contributed by atoms with E-state index in [9.17, 15) is 14.3 Å². The average molecular weight is 592 g/mol. The lowest BCUT2D eigenvalue weighted by Gasteiger charge is -2.30. The number of aliphatic hydroxyl groups excluding tert-OH is 1. The van der Waals surface area contributed by atoms with Crippen LogP contribution in [-0.4, -0.2) is 40.3 Å². The van der Waals surface area contributed by atoms with Gasteiger partial charge in [0.05, 0.1) is 27.2 Å². The number of piperidine rings is 1. The summed E-state index contributed by atoms with van der Waals surface area (Å²) in [6.45, 7) is 1.27. The molecule has 3 heterocycles.